The van der Waals surface area contributed by atoms with Gasteiger partial charge in [-0.3, -0.25) is 14.4 Å². The lowest BCUT2D eigenvalue weighted by molar-refractivity contribution is -0.138. The Morgan fingerprint density at radius 1 is 1.26 bits per heavy atom. The van der Waals surface area contributed by atoms with Gasteiger partial charge in [-0.05, 0) is 78.7 Å². The first-order valence-corrected chi connectivity index (χ1v) is 11.8. The quantitative estimate of drug-likeness (QED) is 0.478. The molecule has 2 fully saturated rings. The summed E-state index contributed by atoms with van der Waals surface area (Å²) in [5.74, 6) is -0.798. The summed E-state index contributed by atoms with van der Waals surface area (Å²) in [6.07, 6.45) is 6.50. The minimum atomic E-state index is -0.994. The highest BCUT2D eigenvalue weighted by Gasteiger charge is 2.30. The van der Waals surface area contributed by atoms with Crippen LogP contribution in [0.4, 0.5) is 0 Å². The van der Waals surface area contributed by atoms with E-state index in [1.807, 2.05) is 4.90 Å². The number of pyridine rings is 1. The van der Waals surface area contributed by atoms with E-state index >= 15 is 0 Å². The fraction of sp³-hybridized carbons (Fsp3) is 0.636. The second-order valence-electron chi connectivity index (χ2n) is 8.48. The first-order valence-electron chi connectivity index (χ1n) is 11.0. The molecule has 3 N–H and O–H groups in total. The van der Waals surface area contributed by atoms with Crippen molar-refractivity contribution in [2.45, 2.75) is 51.0 Å². The van der Waals surface area contributed by atoms with Crippen LogP contribution in [0, 0.1) is 11.8 Å². The fourth-order valence-corrected chi connectivity index (χ4v) is 4.62. The predicted octanol–water partition coefficient (Wildman–Crippen LogP) is 2.49. The van der Waals surface area contributed by atoms with Crippen LogP contribution in [-0.2, 0) is 14.4 Å². The number of aromatic nitrogens is 1. The first kappa shape index (κ1) is 23.7. The molecule has 0 saturated carbocycles. The molecule has 1 unspecified atom stereocenters. The number of rotatable bonds is 8. The van der Waals surface area contributed by atoms with E-state index in [-0.39, 0.29) is 24.2 Å². The normalized spacial score (nSPS) is 20.8. The lowest BCUT2D eigenvalue weighted by Gasteiger charge is -2.33. The summed E-state index contributed by atoms with van der Waals surface area (Å²) in [5.41, 5.74) is 0.643. The Bertz CT molecular complexity index is 767. The molecule has 9 heteroatoms. The molecule has 2 aliphatic heterocycles. The van der Waals surface area contributed by atoms with E-state index in [0.717, 1.165) is 38.8 Å². The summed E-state index contributed by atoms with van der Waals surface area (Å²) in [7, 11) is 0. The molecular weight excluding hydrogens is 464 g/mol. The number of nitrogens with zero attached hydrogens (tertiary/aromatic N) is 2. The number of hydrogen-bond acceptors (Lipinski definition) is 5. The number of carboxylic acid groups (broad SMARTS) is 1. The molecule has 170 valence electrons. The zero-order valence-electron chi connectivity index (χ0n) is 17.7. The molecule has 2 amide bonds. The van der Waals surface area contributed by atoms with Gasteiger partial charge in [0.2, 0.25) is 11.8 Å². The van der Waals surface area contributed by atoms with E-state index in [1.54, 1.807) is 18.3 Å². The number of carbonyl (C=O) groups excluding carboxylic acids is 2. The topological polar surface area (TPSA) is 112 Å². The standard InChI is InChI=1S/C22H31BrN4O4/c23-19-5-4-16(13-25-19)18(12-21(29)30)26-22(31)17-2-1-11-27(14-17)20(28)6-3-15-7-9-24-10-8-15/h4-5,13,15,17-18,24H,1-3,6-12,14H2,(H,26,31)(H,29,30)/t17-,18?/m1/s1. The number of aliphatic carboxylic acids is 1. The highest BCUT2D eigenvalue weighted by Crippen LogP contribution is 2.23. The average molecular weight is 495 g/mol. The van der Waals surface area contributed by atoms with Crippen molar-refractivity contribution in [3.05, 3.63) is 28.5 Å². The van der Waals surface area contributed by atoms with Crippen LogP contribution in [0.3, 0.4) is 0 Å². The molecule has 1 aromatic heterocycles. The van der Waals surface area contributed by atoms with Gasteiger partial charge in [-0.25, -0.2) is 4.98 Å². The van der Waals surface area contributed by atoms with Crippen molar-refractivity contribution in [3.8, 4) is 0 Å². The van der Waals surface area contributed by atoms with Crippen LogP contribution < -0.4 is 10.6 Å². The van der Waals surface area contributed by atoms with E-state index in [2.05, 4.69) is 31.5 Å². The summed E-state index contributed by atoms with van der Waals surface area (Å²) >= 11 is 3.26. The van der Waals surface area contributed by atoms with Gasteiger partial charge in [0.25, 0.3) is 0 Å². The molecule has 0 spiro atoms. The summed E-state index contributed by atoms with van der Waals surface area (Å²) in [6.45, 7) is 3.13. The maximum Gasteiger partial charge on any atom is 0.305 e. The minimum absolute atomic E-state index is 0.121. The number of nitrogens with one attached hydrogen (secondary N) is 2. The highest BCUT2D eigenvalue weighted by molar-refractivity contribution is 9.10. The number of amides is 2. The van der Waals surface area contributed by atoms with Crippen LogP contribution in [0.2, 0.25) is 0 Å². The van der Waals surface area contributed by atoms with Gasteiger partial charge in [-0.2, -0.15) is 0 Å². The molecular formula is C22H31BrN4O4. The second kappa shape index (κ2) is 11.6. The monoisotopic (exact) mass is 494 g/mol. The Kier molecular flexibility index (Phi) is 8.83. The van der Waals surface area contributed by atoms with Gasteiger partial charge in [0.05, 0.1) is 18.4 Å². The van der Waals surface area contributed by atoms with Crippen molar-refractivity contribution in [1.29, 1.82) is 0 Å². The maximum atomic E-state index is 12.9. The first-order chi connectivity index (χ1) is 14.9. The molecule has 0 radical (unpaired) electrons. The lowest BCUT2D eigenvalue weighted by Crippen LogP contribution is -2.46. The number of halogens is 1. The molecule has 0 bridgehead atoms. The molecule has 0 aliphatic carbocycles. The van der Waals surface area contributed by atoms with Gasteiger partial charge >= 0.3 is 5.97 Å². The van der Waals surface area contributed by atoms with Crippen molar-refractivity contribution in [2.75, 3.05) is 26.2 Å². The van der Waals surface area contributed by atoms with Crippen LogP contribution in [-0.4, -0.2) is 59.0 Å². The van der Waals surface area contributed by atoms with Crippen molar-refractivity contribution in [2.24, 2.45) is 11.8 Å². The fourth-order valence-electron chi connectivity index (χ4n) is 4.38. The Hall–Kier alpha value is -2.00. The molecule has 2 aliphatic rings. The molecule has 2 atom stereocenters. The molecule has 2 saturated heterocycles. The number of carbonyl (C=O) groups is 3. The summed E-state index contributed by atoms with van der Waals surface area (Å²) in [6, 6.07) is 2.82. The summed E-state index contributed by atoms with van der Waals surface area (Å²) in [4.78, 5) is 42.9. The van der Waals surface area contributed by atoms with E-state index < -0.39 is 12.0 Å². The van der Waals surface area contributed by atoms with Crippen molar-refractivity contribution in [3.63, 3.8) is 0 Å². The SMILES string of the molecule is O=C(O)CC(NC(=O)[C@@H]1CCCN(C(=O)CCC2CCNCC2)C1)c1ccc(Br)nc1. The molecule has 3 heterocycles. The van der Waals surface area contributed by atoms with Gasteiger partial charge in [0.15, 0.2) is 0 Å². The Labute approximate surface area is 191 Å². The Balaban J connectivity index is 1.55. The summed E-state index contributed by atoms with van der Waals surface area (Å²) < 4.78 is 0.641. The van der Waals surface area contributed by atoms with Gasteiger partial charge in [0.1, 0.15) is 4.60 Å². The largest absolute Gasteiger partial charge is 0.481 e. The minimum Gasteiger partial charge on any atom is -0.481 e. The zero-order chi connectivity index (χ0) is 22.2. The van der Waals surface area contributed by atoms with Crippen LogP contribution in [0.15, 0.2) is 22.9 Å². The van der Waals surface area contributed by atoms with E-state index in [4.69, 9.17) is 0 Å². The average Bonchev–Trinajstić information content (AvgIpc) is 2.78. The molecule has 3 rings (SSSR count). The van der Waals surface area contributed by atoms with Gasteiger partial charge in [0, 0.05) is 25.7 Å². The lowest BCUT2D eigenvalue weighted by atomic mass is 9.92. The van der Waals surface area contributed by atoms with Gasteiger partial charge < -0.3 is 20.6 Å². The van der Waals surface area contributed by atoms with Crippen LogP contribution in [0.25, 0.3) is 0 Å². The van der Waals surface area contributed by atoms with Crippen LogP contribution in [0.5, 0.6) is 0 Å². The van der Waals surface area contributed by atoms with E-state index in [0.29, 0.717) is 42.0 Å². The smallest absolute Gasteiger partial charge is 0.305 e. The summed E-state index contributed by atoms with van der Waals surface area (Å²) in [5, 5.41) is 15.5. The third-order valence-corrected chi connectivity index (χ3v) is 6.69. The molecule has 8 nitrogen and oxygen atoms in total. The Morgan fingerprint density at radius 3 is 2.71 bits per heavy atom. The predicted molar refractivity (Wildman–Crippen MR) is 119 cm³/mol. The van der Waals surface area contributed by atoms with Gasteiger partial charge in [-0.1, -0.05) is 6.07 Å². The van der Waals surface area contributed by atoms with E-state index in [1.165, 1.54) is 0 Å². The second-order valence-corrected chi connectivity index (χ2v) is 9.30. The van der Waals surface area contributed by atoms with Crippen molar-refractivity contribution < 1.29 is 19.5 Å². The third-order valence-electron chi connectivity index (χ3n) is 6.22. The number of hydrogen-bond donors (Lipinski definition) is 3. The molecule has 1 aromatic rings. The number of piperidine rings is 2. The van der Waals surface area contributed by atoms with Gasteiger partial charge in [-0.15, -0.1) is 0 Å². The molecule has 0 aromatic carbocycles. The zero-order valence-corrected chi connectivity index (χ0v) is 19.3. The van der Waals surface area contributed by atoms with Crippen LogP contribution in [0.1, 0.15) is 56.6 Å². The van der Waals surface area contributed by atoms with Crippen molar-refractivity contribution in [1.82, 2.24) is 20.5 Å². The highest BCUT2D eigenvalue weighted by atomic mass is 79.9. The van der Waals surface area contributed by atoms with Crippen molar-refractivity contribution >= 4 is 33.7 Å². The number of likely N-dealkylation sites (tertiary alicyclic amines) is 1. The Morgan fingerprint density at radius 2 is 2.03 bits per heavy atom. The molecule has 31 heavy (non-hydrogen) atoms. The van der Waals surface area contributed by atoms with Crippen LogP contribution >= 0.6 is 15.9 Å². The number of carboxylic acids is 1. The third kappa shape index (κ3) is 7.28. The maximum absolute atomic E-state index is 12.9. The van der Waals surface area contributed by atoms with E-state index in [9.17, 15) is 19.5 Å².